The Morgan fingerprint density at radius 3 is 1.63 bits per heavy atom. The Hall–Kier alpha value is -5.92. The number of aromatic nitrogens is 10. The molecule has 16 heteroatoms. The number of pyridine rings is 2. The first kappa shape index (κ1) is 38.6. The molecule has 0 aliphatic heterocycles. The van der Waals surface area contributed by atoms with Crippen LogP contribution in [0.2, 0.25) is 20.1 Å². The molecule has 0 saturated heterocycles. The van der Waals surface area contributed by atoms with Crippen LogP contribution in [-0.4, -0.2) is 49.2 Å². The summed E-state index contributed by atoms with van der Waals surface area (Å²) in [7, 11) is 0. The zero-order valence-electron chi connectivity index (χ0n) is 32.0. The molecule has 0 saturated carbocycles. The molecule has 9 rings (SSSR count). The van der Waals surface area contributed by atoms with Crippen LogP contribution in [0.4, 0.5) is 23.1 Å². The van der Waals surface area contributed by atoms with E-state index in [4.69, 9.17) is 66.3 Å². The van der Waals surface area contributed by atoms with Gasteiger partial charge in [-0.3, -0.25) is 9.97 Å². The molecule has 0 atom stereocenters. The van der Waals surface area contributed by atoms with E-state index < -0.39 is 0 Å². The van der Waals surface area contributed by atoms with Gasteiger partial charge in [0.2, 0.25) is 0 Å². The number of hydrogen-bond donors (Lipinski definition) is 0. The molecule has 0 aliphatic carbocycles. The third-order valence-corrected chi connectivity index (χ3v) is 11.0. The van der Waals surface area contributed by atoms with Gasteiger partial charge in [0, 0.05) is 49.0 Å². The Bertz CT molecular complexity index is 3020. The fraction of sp³-hybridized carbons (Fsp3) is 0.163. The molecule has 9 aromatic rings. The highest BCUT2D eigenvalue weighted by atomic mass is 35.5. The van der Waals surface area contributed by atoms with E-state index in [0.717, 1.165) is 40.6 Å². The van der Waals surface area contributed by atoms with Crippen molar-refractivity contribution >= 4 is 103 Å². The van der Waals surface area contributed by atoms with Crippen LogP contribution < -0.4 is 10.0 Å². The van der Waals surface area contributed by atoms with Crippen LogP contribution in [-0.2, 0) is 13.1 Å². The van der Waals surface area contributed by atoms with Gasteiger partial charge in [0.25, 0.3) is 0 Å². The van der Waals surface area contributed by atoms with Gasteiger partial charge in [-0.1, -0.05) is 72.4 Å². The second-order valence-corrected chi connectivity index (χ2v) is 15.5. The van der Waals surface area contributed by atoms with Crippen LogP contribution >= 0.6 is 46.4 Å². The van der Waals surface area contributed by atoms with Crippen molar-refractivity contribution in [2.45, 2.75) is 46.7 Å². The number of halogens is 4. The lowest BCUT2D eigenvalue weighted by atomic mass is 10.2. The number of hydrogen-bond acceptors (Lipinski definition) is 10. The Kier molecular flexibility index (Phi) is 10.5. The second kappa shape index (κ2) is 16.0. The summed E-state index contributed by atoms with van der Waals surface area (Å²) in [6.07, 6.45) is 8.51. The normalized spacial score (nSPS) is 11.6. The van der Waals surface area contributed by atoms with E-state index in [9.17, 15) is 0 Å². The molecule has 3 aromatic carbocycles. The Morgan fingerprint density at radius 2 is 1.10 bits per heavy atom. The first-order chi connectivity index (χ1) is 28.7. The lowest BCUT2D eigenvalue weighted by molar-refractivity contribution is 0.704. The minimum atomic E-state index is 0.301. The van der Waals surface area contributed by atoms with Crippen LogP contribution in [0.3, 0.4) is 0 Å². The van der Waals surface area contributed by atoms with Gasteiger partial charge < -0.3 is 9.13 Å². The molecule has 0 N–H and O–H groups in total. The molecule has 0 aliphatic rings. The van der Waals surface area contributed by atoms with Crippen molar-refractivity contribution in [3.8, 4) is 22.8 Å². The first-order valence-corrected chi connectivity index (χ1v) is 20.5. The van der Waals surface area contributed by atoms with Gasteiger partial charge in [-0.25, -0.2) is 30.0 Å². The van der Waals surface area contributed by atoms with Crippen LogP contribution in [0.1, 0.15) is 32.4 Å². The summed E-state index contributed by atoms with van der Waals surface area (Å²) in [6.45, 7) is 7.47. The summed E-state index contributed by atoms with van der Waals surface area (Å²) in [4.78, 5) is 29.1. The average molecular weight is 861 g/mol. The maximum Gasteiger partial charge on any atom is 0.176 e. The fourth-order valence-corrected chi connectivity index (χ4v) is 8.29. The van der Waals surface area contributed by atoms with Crippen molar-refractivity contribution in [1.29, 1.82) is 0 Å². The molecule has 12 nitrogen and oxygen atoms in total. The molecule has 6 aromatic heterocycles. The predicted molar refractivity (Wildman–Crippen MR) is 237 cm³/mol. The summed E-state index contributed by atoms with van der Waals surface area (Å²) in [5.74, 6) is 2.45. The van der Waals surface area contributed by atoms with E-state index in [-0.39, 0.29) is 0 Å². The third kappa shape index (κ3) is 7.05. The standard InChI is InChI=1S/C43H34Cl4N12/c1-4-18-56-38-29(44)8-6-10-34(38)52-40(56)26-20-31(46)42(50-23-26)58(28-13-14-33-36(22-28)49-17-16-48-33)59(37-15-12-25(3)54-55-37)43-32(47)21-27(24-51-43)41-53-35-11-7-9-30(45)39(35)57(41)19-5-2/h6-17,20-24H,4-5,18-19H2,1-3H3. The minimum Gasteiger partial charge on any atom is -0.323 e. The van der Waals surface area contributed by atoms with Crippen LogP contribution in [0.25, 0.3) is 55.9 Å². The number of hydrazine groups is 1. The van der Waals surface area contributed by atoms with Crippen molar-refractivity contribution in [1.82, 2.24) is 49.2 Å². The number of nitrogens with zero attached hydrogens (tertiary/aromatic N) is 12. The van der Waals surface area contributed by atoms with E-state index in [1.165, 1.54) is 0 Å². The van der Waals surface area contributed by atoms with Gasteiger partial charge in [-0.05, 0) is 86.5 Å². The molecule has 0 amide bonds. The summed E-state index contributed by atoms with van der Waals surface area (Å²) < 4.78 is 4.21. The molecule has 0 bridgehead atoms. The summed E-state index contributed by atoms with van der Waals surface area (Å²) in [5, 5.41) is 14.4. The lowest BCUT2D eigenvalue weighted by Crippen LogP contribution is -2.38. The molecule has 0 unspecified atom stereocenters. The van der Waals surface area contributed by atoms with Crippen molar-refractivity contribution in [2.24, 2.45) is 0 Å². The van der Waals surface area contributed by atoms with Crippen molar-refractivity contribution < 1.29 is 0 Å². The number of aryl methyl sites for hydroxylation is 3. The van der Waals surface area contributed by atoms with E-state index in [0.29, 0.717) is 90.1 Å². The number of para-hydroxylation sites is 2. The zero-order chi connectivity index (χ0) is 40.8. The van der Waals surface area contributed by atoms with Gasteiger partial charge in [-0.2, -0.15) is 5.10 Å². The maximum absolute atomic E-state index is 7.36. The van der Waals surface area contributed by atoms with Crippen LogP contribution in [0, 0.1) is 6.92 Å². The molecule has 59 heavy (non-hydrogen) atoms. The quantitative estimate of drug-likeness (QED) is 0.116. The average Bonchev–Trinajstić information content (AvgIpc) is 3.81. The maximum atomic E-state index is 7.36. The monoisotopic (exact) mass is 858 g/mol. The molecular weight excluding hydrogens is 826 g/mol. The lowest BCUT2D eigenvalue weighted by Gasteiger charge is -2.36. The van der Waals surface area contributed by atoms with Gasteiger partial charge >= 0.3 is 0 Å². The minimum absolute atomic E-state index is 0.301. The Balaban J connectivity index is 1.24. The zero-order valence-corrected chi connectivity index (χ0v) is 35.0. The second-order valence-electron chi connectivity index (χ2n) is 13.8. The topological polar surface area (TPSA) is 119 Å². The van der Waals surface area contributed by atoms with Gasteiger partial charge in [0.05, 0.1) is 64.6 Å². The molecule has 294 valence electrons. The number of rotatable bonds is 11. The molecule has 0 radical (unpaired) electrons. The Morgan fingerprint density at radius 1 is 0.542 bits per heavy atom. The first-order valence-electron chi connectivity index (χ1n) is 19.0. The summed E-state index contributed by atoms with van der Waals surface area (Å²) in [6, 6.07) is 24.5. The Labute approximate surface area is 359 Å². The van der Waals surface area contributed by atoms with E-state index in [1.807, 2.05) is 85.8 Å². The molecular formula is C43H34Cl4N12. The van der Waals surface area contributed by atoms with E-state index in [2.05, 4.69) is 43.1 Å². The molecule has 6 heterocycles. The molecule has 0 fully saturated rings. The molecule has 0 spiro atoms. The predicted octanol–water partition coefficient (Wildman–Crippen LogP) is 11.9. The van der Waals surface area contributed by atoms with Crippen molar-refractivity contribution in [3.05, 3.63) is 129 Å². The highest BCUT2D eigenvalue weighted by Gasteiger charge is 2.30. The van der Waals surface area contributed by atoms with Crippen molar-refractivity contribution in [3.63, 3.8) is 0 Å². The van der Waals surface area contributed by atoms with Gasteiger partial charge in [0.1, 0.15) is 11.6 Å². The number of imidazole rings is 2. The third-order valence-electron chi connectivity index (χ3n) is 9.79. The highest BCUT2D eigenvalue weighted by Crippen LogP contribution is 2.43. The highest BCUT2D eigenvalue weighted by molar-refractivity contribution is 6.36. The largest absolute Gasteiger partial charge is 0.323 e. The smallest absolute Gasteiger partial charge is 0.176 e. The van der Waals surface area contributed by atoms with E-state index in [1.54, 1.807) is 34.8 Å². The van der Waals surface area contributed by atoms with Gasteiger partial charge in [0.15, 0.2) is 17.5 Å². The summed E-state index contributed by atoms with van der Waals surface area (Å²) in [5.41, 5.74) is 7.37. The number of fused-ring (bicyclic) bond motifs is 3. The van der Waals surface area contributed by atoms with Crippen LogP contribution in [0.15, 0.2) is 104 Å². The number of anilines is 4. The van der Waals surface area contributed by atoms with Gasteiger partial charge in [-0.15, -0.1) is 5.10 Å². The van der Waals surface area contributed by atoms with E-state index >= 15 is 0 Å². The van der Waals surface area contributed by atoms with Crippen LogP contribution in [0.5, 0.6) is 0 Å². The SMILES string of the molecule is CCCn1c(-c2cnc(N(c3ccc4nccnc4c3)N(c3ccc(C)nn3)c3ncc(-c4nc5cccc(Cl)c5n4CCC)cc3Cl)c(Cl)c2)nc2cccc(Cl)c21. The number of benzene rings is 3. The summed E-state index contributed by atoms with van der Waals surface area (Å²) >= 11 is 28.1. The fourth-order valence-electron chi connectivity index (χ4n) is 7.25. The van der Waals surface area contributed by atoms with Crippen molar-refractivity contribution in [2.75, 3.05) is 10.0 Å².